The molecule has 2 unspecified atom stereocenters. The standard InChI is InChI=1S/C26H30N2O5/c1-16(14-23(29)30)12-13-27-25(31)24(17-10-11-17)28-26(32)33-15-22-20-8-4-2-6-18(20)19-7-3-5-9-21(19)22/h2-9,16-17,22,24H,10-15H2,1H3,(H,27,31)(H,28,32)(H,29,30). The molecule has 0 aromatic heterocycles. The number of fused-ring (bicyclic) bond motifs is 3. The van der Waals surface area contributed by atoms with E-state index in [1.165, 1.54) is 0 Å². The minimum Gasteiger partial charge on any atom is -0.481 e. The van der Waals surface area contributed by atoms with Crippen LogP contribution in [0.3, 0.4) is 0 Å². The van der Waals surface area contributed by atoms with Crippen molar-refractivity contribution in [1.29, 1.82) is 0 Å². The van der Waals surface area contributed by atoms with Gasteiger partial charge in [0.2, 0.25) is 5.91 Å². The van der Waals surface area contributed by atoms with Gasteiger partial charge in [-0.15, -0.1) is 0 Å². The summed E-state index contributed by atoms with van der Waals surface area (Å²) in [6.07, 6.45) is 1.82. The van der Waals surface area contributed by atoms with Crippen molar-refractivity contribution in [3.8, 4) is 11.1 Å². The van der Waals surface area contributed by atoms with Gasteiger partial charge in [-0.1, -0.05) is 55.5 Å². The maximum atomic E-state index is 12.7. The zero-order valence-corrected chi connectivity index (χ0v) is 18.8. The van der Waals surface area contributed by atoms with Gasteiger partial charge in [-0.25, -0.2) is 4.79 Å². The number of ether oxygens (including phenoxy) is 1. The molecule has 2 aliphatic carbocycles. The lowest BCUT2D eigenvalue weighted by molar-refractivity contribution is -0.138. The maximum Gasteiger partial charge on any atom is 0.407 e. The first kappa shape index (κ1) is 22.8. The minimum absolute atomic E-state index is 0.0303. The van der Waals surface area contributed by atoms with Crippen molar-refractivity contribution in [2.45, 2.75) is 44.6 Å². The molecule has 1 saturated carbocycles. The number of hydrogen-bond donors (Lipinski definition) is 3. The number of alkyl carbamates (subject to hydrolysis) is 1. The topological polar surface area (TPSA) is 105 Å². The number of carbonyl (C=O) groups is 3. The summed E-state index contributed by atoms with van der Waals surface area (Å²) >= 11 is 0. The molecule has 0 radical (unpaired) electrons. The van der Waals surface area contributed by atoms with Gasteiger partial charge in [-0.2, -0.15) is 0 Å². The van der Waals surface area contributed by atoms with E-state index in [1.54, 1.807) is 0 Å². The molecule has 7 heteroatoms. The highest BCUT2D eigenvalue weighted by molar-refractivity contribution is 5.86. The molecule has 3 N–H and O–H groups in total. The Morgan fingerprint density at radius 2 is 1.64 bits per heavy atom. The van der Waals surface area contributed by atoms with Gasteiger partial charge in [0.05, 0.1) is 0 Å². The lowest BCUT2D eigenvalue weighted by atomic mass is 9.98. The van der Waals surface area contributed by atoms with Crippen LogP contribution in [0.1, 0.15) is 49.7 Å². The van der Waals surface area contributed by atoms with Crippen LogP contribution >= 0.6 is 0 Å². The van der Waals surface area contributed by atoms with Crippen molar-refractivity contribution >= 4 is 18.0 Å². The number of nitrogens with one attached hydrogen (secondary N) is 2. The zero-order valence-electron chi connectivity index (χ0n) is 18.8. The molecule has 2 aromatic carbocycles. The number of rotatable bonds is 10. The van der Waals surface area contributed by atoms with Crippen LogP contribution in [0, 0.1) is 11.8 Å². The van der Waals surface area contributed by atoms with E-state index < -0.39 is 18.1 Å². The van der Waals surface area contributed by atoms with E-state index >= 15 is 0 Å². The molecule has 174 valence electrons. The second-order valence-electron chi connectivity index (χ2n) is 9.07. The molecule has 2 atom stereocenters. The van der Waals surface area contributed by atoms with Crippen LogP contribution < -0.4 is 10.6 Å². The molecule has 0 heterocycles. The van der Waals surface area contributed by atoms with E-state index in [0.717, 1.165) is 35.1 Å². The predicted octanol–water partition coefficient (Wildman–Crippen LogP) is 3.92. The van der Waals surface area contributed by atoms with Gasteiger partial charge in [0.25, 0.3) is 0 Å². The Hall–Kier alpha value is -3.35. The lowest BCUT2D eigenvalue weighted by Crippen LogP contribution is -2.48. The number of carboxylic acids is 1. The van der Waals surface area contributed by atoms with Crippen molar-refractivity contribution < 1.29 is 24.2 Å². The average molecular weight is 451 g/mol. The first-order valence-corrected chi connectivity index (χ1v) is 11.5. The Morgan fingerprint density at radius 1 is 1.03 bits per heavy atom. The summed E-state index contributed by atoms with van der Waals surface area (Å²) in [6.45, 7) is 2.42. The molecule has 0 bridgehead atoms. The molecule has 0 aliphatic heterocycles. The Morgan fingerprint density at radius 3 is 2.21 bits per heavy atom. The quantitative estimate of drug-likeness (QED) is 0.509. The van der Waals surface area contributed by atoms with Crippen LogP contribution in [0.25, 0.3) is 11.1 Å². The summed E-state index contributed by atoms with van der Waals surface area (Å²) in [5.41, 5.74) is 4.60. The summed E-state index contributed by atoms with van der Waals surface area (Å²) in [6, 6.07) is 15.7. The summed E-state index contributed by atoms with van der Waals surface area (Å²) in [4.78, 5) is 36.0. The van der Waals surface area contributed by atoms with E-state index in [4.69, 9.17) is 9.84 Å². The average Bonchev–Trinajstić information content (AvgIpc) is 3.58. The van der Waals surface area contributed by atoms with Gasteiger partial charge >= 0.3 is 12.1 Å². The van der Waals surface area contributed by atoms with Crippen molar-refractivity contribution in [1.82, 2.24) is 10.6 Å². The predicted molar refractivity (Wildman–Crippen MR) is 124 cm³/mol. The number of benzene rings is 2. The number of carboxylic acid groups (broad SMARTS) is 1. The number of hydrogen-bond acceptors (Lipinski definition) is 4. The second kappa shape index (κ2) is 10.1. The van der Waals surface area contributed by atoms with E-state index in [0.29, 0.717) is 13.0 Å². The van der Waals surface area contributed by atoms with Crippen LogP contribution in [-0.4, -0.2) is 42.3 Å². The van der Waals surface area contributed by atoms with Gasteiger partial charge < -0.3 is 20.5 Å². The molecule has 2 aromatic rings. The van der Waals surface area contributed by atoms with Crippen molar-refractivity contribution in [3.63, 3.8) is 0 Å². The van der Waals surface area contributed by atoms with E-state index in [1.807, 2.05) is 31.2 Å². The van der Waals surface area contributed by atoms with Crippen LogP contribution in [0.15, 0.2) is 48.5 Å². The summed E-state index contributed by atoms with van der Waals surface area (Å²) in [5.74, 6) is -1.04. The Balaban J connectivity index is 1.31. The largest absolute Gasteiger partial charge is 0.481 e. The molecule has 33 heavy (non-hydrogen) atoms. The monoisotopic (exact) mass is 450 g/mol. The molecule has 1 fully saturated rings. The number of amides is 2. The third-order valence-corrected chi connectivity index (χ3v) is 6.45. The van der Waals surface area contributed by atoms with Crippen LogP contribution in [0.2, 0.25) is 0 Å². The normalized spacial score (nSPS) is 16.3. The third-order valence-electron chi connectivity index (χ3n) is 6.45. The summed E-state index contributed by atoms with van der Waals surface area (Å²) in [7, 11) is 0. The van der Waals surface area contributed by atoms with Gasteiger partial charge in [-0.05, 0) is 53.4 Å². The zero-order chi connectivity index (χ0) is 23.4. The first-order valence-electron chi connectivity index (χ1n) is 11.5. The summed E-state index contributed by atoms with van der Waals surface area (Å²) in [5, 5.41) is 14.4. The number of aliphatic carboxylic acids is 1. The molecule has 2 aliphatic rings. The molecule has 0 saturated heterocycles. The Labute approximate surface area is 193 Å². The number of carbonyl (C=O) groups excluding carboxylic acids is 2. The fourth-order valence-corrected chi connectivity index (χ4v) is 4.55. The van der Waals surface area contributed by atoms with Crippen molar-refractivity contribution in [3.05, 3.63) is 59.7 Å². The van der Waals surface area contributed by atoms with Gasteiger partial charge in [0, 0.05) is 18.9 Å². The molecule has 2 amide bonds. The second-order valence-corrected chi connectivity index (χ2v) is 9.07. The lowest BCUT2D eigenvalue weighted by Gasteiger charge is -2.20. The van der Waals surface area contributed by atoms with Crippen LogP contribution in [-0.2, 0) is 14.3 Å². The molecule has 4 rings (SSSR count). The Kier molecular flexibility index (Phi) is 6.96. The Bertz CT molecular complexity index is 987. The maximum absolute atomic E-state index is 12.7. The molecular formula is C26H30N2O5. The van der Waals surface area contributed by atoms with Gasteiger partial charge in [0.15, 0.2) is 0 Å². The highest BCUT2D eigenvalue weighted by Gasteiger charge is 2.38. The smallest absolute Gasteiger partial charge is 0.407 e. The van der Waals surface area contributed by atoms with E-state index in [-0.39, 0.29) is 36.7 Å². The third kappa shape index (κ3) is 5.53. The molecule has 0 spiro atoms. The fraction of sp³-hybridized carbons (Fsp3) is 0.423. The van der Waals surface area contributed by atoms with Crippen LogP contribution in [0.5, 0.6) is 0 Å². The van der Waals surface area contributed by atoms with E-state index in [2.05, 4.69) is 34.9 Å². The fourth-order valence-electron chi connectivity index (χ4n) is 4.55. The van der Waals surface area contributed by atoms with Crippen molar-refractivity contribution in [2.75, 3.05) is 13.2 Å². The van der Waals surface area contributed by atoms with Gasteiger partial charge in [-0.3, -0.25) is 9.59 Å². The highest BCUT2D eigenvalue weighted by Crippen LogP contribution is 2.44. The van der Waals surface area contributed by atoms with Gasteiger partial charge in [0.1, 0.15) is 12.6 Å². The molecular weight excluding hydrogens is 420 g/mol. The first-order chi connectivity index (χ1) is 15.9. The minimum atomic E-state index is -0.846. The molecule has 7 nitrogen and oxygen atoms in total. The SMILES string of the molecule is CC(CCNC(=O)C(NC(=O)OCC1c2ccccc2-c2ccccc21)C1CC1)CC(=O)O. The van der Waals surface area contributed by atoms with E-state index in [9.17, 15) is 14.4 Å². The van der Waals surface area contributed by atoms with Crippen molar-refractivity contribution in [2.24, 2.45) is 11.8 Å². The van der Waals surface area contributed by atoms with Crippen LogP contribution in [0.4, 0.5) is 4.79 Å². The highest BCUT2D eigenvalue weighted by atomic mass is 16.5. The summed E-state index contributed by atoms with van der Waals surface area (Å²) < 4.78 is 5.59.